The smallest absolute Gasteiger partial charge is 0.0780 e. The molecule has 8 heteroatoms. The number of aliphatic hydroxyl groups is 2. The van der Waals surface area contributed by atoms with Gasteiger partial charge in [-0.15, -0.1) is 0 Å². The largest absolute Gasteiger partial charge is 0.391 e. The molecule has 0 spiro atoms. The van der Waals surface area contributed by atoms with Crippen LogP contribution in [0.1, 0.15) is 81.6 Å². The number of aliphatic hydroxyl groups excluding tert-OH is 2. The number of pyridine rings is 2. The number of nitrogens with zero attached hydrogens (tertiary/aromatic N) is 6. The van der Waals surface area contributed by atoms with Crippen LogP contribution in [0.25, 0.3) is 0 Å². The maximum Gasteiger partial charge on any atom is 0.0780 e. The van der Waals surface area contributed by atoms with Crippen molar-refractivity contribution >= 4 is 11.4 Å². The molecule has 0 bridgehead atoms. The summed E-state index contributed by atoms with van der Waals surface area (Å²) in [5, 5.41) is 21.3. The van der Waals surface area contributed by atoms with E-state index < -0.39 is 0 Å². The highest BCUT2D eigenvalue weighted by atomic mass is 16.3. The SMILES string of the molecule is CC(C)c1ccc(N2CC(O)CC(CN(C)Cc3nc(C(C)C)ccc3N3CCC[C@H](O)C3)C2)c(CN(C)C)n1. The summed E-state index contributed by atoms with van der Waals surface area (Å²) in [6, 6.07) is 8.70. The van der Waals surface area contributed by atoms with Crippen molar-refractivity contribution in [2.45, 2.75) is 84.1 Å². The van der Waals surface area contributed by atoms with Crippen molar-refractivity contribution in [1.82, 2.24) is 19.8 Å². The summed E-state index contributed by atoms with van der Waals surface area (Å²) in [6.45, 7) is 14.3. The number of rotatable bonds is 10. The predicted octanol–water partition coefficient (Wildman–Crippen LogP) is 4.07. The van der Waals surface area contributed by atoms with E-state index >= 15 is 0 Å². The lowest BCUT2D eigenvalue weighted by Crippen LogP contribution is -2.47. The van der Waals surface area contributed by atoms with Gasteiger partial charge in [-0.3, -0.25) is 9.97 Å². The molecule has 2 unspecified atom stereocenters. The number of hydrogen-bond acceptors (Lipinski definition) is 8. The van der Waals surface area contributed by atoms with Crippen LogP contribution in [0.2, 0.25) is 0 Å². The first-order valence-electron chi connectivity index (χ1n) is 15.2. The number of aromatic nitrogens is 2. The molecule has 222 valence electrons. The molecule has 2 aliphatic heterocycles. The fourth-order valence-corrected chi connectivity index (χ4v) is 6.21. The summed E-state index contributed by atoms with van der Waals surface area (Å²) < 4.78 is 0. The topological polar surface area (TPSA) is 79.2 Å². The maximum absolute atomic E-state index is 10.9. The zero-order chi connectivity index (χ0) is 29.0. The molecule has 0 amide bonds. The van der Waals surface area contributed by atoms with E-state index in [1.165, 1.54) is 0 Å². The second-order valence-corrected chi connectivity index (χ2v) is 13.1. The first-order chi connectivity index (χ1) is 19.0. The zero-order valence-corrected chi connectivity index (χ0v) is 25.8. The minimum atomic E-state index is -0.364. The lowest BCUT2D eigenvalue weighted by atomic mass is 9.94. The van der Waals surface area contributed by atoms with E-state index in [1.54, 1.807) is 0 Å². The number of hydrogen-bond donors (Lipinski definition) is 2. The van der Waals surface area contributed by atoms with Gasteiger partial charge >= 0.3 is 0 Å². The van der Waals surface area contributed by atoms with Gasteiger partial charge < -0.3 is 29.8 Å². The molecular formula is C32H52N6O2. The van der Waals surface area contributed by atoms with Crippen LogP contribution in [0.5, 0.6) is 0 Å². The summed E-state index contributed by atoms with van der Waals surface area (Å²) >= 11 is 0. The minimum Gasteiger partial charge on any atom is -0.391 e. The van der Waals surface area contributed by atoms with Gasteiger partial charge in [-0.1, -0.05) is 27.7 Å². The van der Waals surface area contributed by atoms with Gasteiger partial charge in [0.2, 0.25) is 0 Å². The Bertz CT molecular complexity index is 1110. The van der Waals surface area contributed by atoms with Gasteiger partial charge in [0.1, 0.15) is 0 Å². The second kappa shape index (κ2) is 13.6. The van der Waals surface area contributed by atoms with Gasteiger partial charge in [0, 0.05) is 57.2 Å². The van der Waals surface area contributed by atoms with Crippen molar-refractivity contribution in [3.8, 4) is 0 Å². The predicted molar refractivity (Wildman–Crippen MR) is 164 cm³/mol. The van der Waals surface area contributed by atoms with E-state index in [2.05, 4.69) is 92.7 Å². The third kappa shape index (κ3) is 7.93. The Morgan fingerprint density at radius 3 is 1.95 bits per heavy atom. The monoisotopic (exact) mass is 552 g/mol. The zero-order valence-electron chi connectivity index (χ0n) is 25.8. The molecule has 8 nitrogen and oxygen atoms in total. The van der Waals surface area contributed by atoms with Crippen molar-refractivity contribution in [2.75, 3.05) is 63.7 Å². The molecule has 4 rings (SSSR count). The van der Waals surface area contributed by atoms with Crippen LogP contribution in [0.3, 0.4) is 0 Å². The van der Waals surface area contributed by atoms with Crippen molar-refractivity contribution in [3.05, 3.63) is 47.0 Å². The number of anilines is 2. The molecule has 2 N–H and O–H groups in total. The average molecular weight is 553 g/mol. The number of β-amino-alcohol motifs (C(OH)–C–C–N with tert-alkyl or cyclic N) is 2. The van der Waals surface area contributed by atoms with Gasteiger partial charge in [0.25, 0.3) is 0 Å². The number of piperidine rings is 2. The molecule has 2 aromatic heterocycles. The Balaban J connectivity index is 1.50. The van der Waals surface area contributed by atoms with Crippen molar-refractivity contribution in [2.24, 2.45) is 5.92 Å². The van der Waals surface area contributed by atoms with Gasteiger partial charge in [-0.25, -0.2) is 0 Å². The third-order valence-corrected chi connectivity index (χ3v) is 8.18. The van der Waals surface area contributed by atoms with E-state index in [-0.39, 0.29) is 12.2 Å². The highest BCUT2D eigenvalue weighted by molar-refractivity contribution is 5.53. The summed E-state index contributed by atoms with van der Waals surface area (Å²) in [5.74, 6) is 1.07. The first kappa shape index (κ1) is 30.7. The lowest BCUT2D eigenvalue weighted by Gasteiger charge is -2.39. The van der Waals surface area contributed by atoms with Crippen molar-refractivity contribution in [3.63, 3.8) is 0 Å². The van der Waals surface area contributed by atoms with E-state index in [0.717, 1.165) is 86.1 Å². The van der Waals surface area contributed by atoms with Crippen LogP contribution in [-0.4, -0.2) is 96.1 Å². The van der Waals surface area contributed by atoms with Gasteiger partial charge in [0.05, 0.1) is 35.0 Å². The van der Waals surface area contributed by atoms with Gasteiger partial charge in [-0.05, 0) is 82.4 Å². The molecule has 2 aromatic rings. The molecule has 3 atom stereocenters. The molecule has 0 radical (unpaired) electrons. The Morgan fingerprint density at radius 2 is 1.38 bits per heavy atom. The fraction of sp³-hybridized carbons (Fsp3) is 0.688. The van der Waals surface area contributed by atoms with Crippen LogP contribution in [-0.2, 0) is 13.1 Å². The quantitative estimate of drug-likeness (QED) is 0.457. The molecular weight excluding hydrogens is 500 g/mol. The molecule has 0 aromatic carbocycles. The minimum absolute atomic E-state index is 0.278. The molecule has 2 saturated heterocycles. The van der Waals surface area contributed by atoms with E-state index in [1.807, 2.05) is 0 Å². The normalized spacial score (nSPS) is 22.3. The summed E-state index contributed by atoms with van der Waals surface area (Å²) in [7, 11) is 6.33. The Morgan fingerprint density at radius 1 is 0.800 bits per heavy atom. The summed E-state index contributed by atoms with van der Waals surface area (Å²) in [5.41, 5.74) is 6.67. The molecule has 0 aliphatic carbocycles. The average Bonchev–Trinajstić information content (AvgIpc) is 2.87. The van der Waals surface area contributed by atoms with Crippen LogP contribution < -0.4 is 9.80 Å². The lowest BCUT2D eigenvalue weighted by molar-refractivity contribution is 0.112. The van der Waals surface area contributed by atoms with E-state index in [0.29, 0.717) is 30.8 Å². The molecule has 40 heavy (non-hydrogen) atoms. The molecule has 4 heterocycles. The Kier molecular flexibility index (Phi) is 10.4. The molecule has 2 aliphatic rings. The summed E-state index contributed by atoms with van der Waals surface area (Å²) in [6.07, 6.45) is 2.03. The fourth-order valence-electron chi connectivity index (χ4n) is 6.21. The summed E-state index contributed by atoms with van der Waals surface area (Å²) in [4.78, 5) is 19.3. The van der Waals surface area contributed by atoms with E-state index in [4.69, 9.17) is 9.97 Å². The van der Waals surface area contributed by atoms with Crippen LogP contribution in [0.15, 0.2) is 24.3 Å². The van der Waals surface area contributed by atoms with Crippen molar-refractivity contribution in [1.29, 1.82) is 0 Å². The molecule has 2 fully saturated rings. The highest BCUT2D eigenvalue weighted by Crippen LogP contribution is 2.30. The Hall–Kier alpha value is -2.26. The van der Waals surface area contributed by atoms with Crippen LogP contribution in [0.4, 0.5) is 11.4 Å². The maximum atomic E-state index is 10.9. The van der Waals surface area contributed by atoms with E-state index in [9.17, 15) is 10.2 Å². The van der Waals surface area contributed by atoms with Crippen molar-refractivity contribution < 1.29 is 10.2 Å². The molecule has 0 saturated carbocycles. The standard InChI is InChI=1S/C32H52N6O2/c1-22(2)27-11-13-32(29(33-27)20-35(5)6)38-17-24(15-26(40)19-38)16-36(7)21-30-31(12-10-28(34-30)23(3)4)37-14-8-9-25(39)18-37/h10-13,22-26,39-40H,8-9,14-21H2,1-7H3/t24?,25-,26?/m0/s1. The van der Waals surface area contributed by atoms with Gasteiger partial charge in [0.15, 0.2) is 0 Å². The second-order valence-electron chi connectivity index (χ2n) is 13.1. The highest BCUT2D eigenvalue weighted by Gasteiger charge is 2.29. The first-order valence-corrected chi connectivity index (χ1v) is 15.2. The van der Waals surface area contributed by atoms with Crippen LogP contribution in [0, 0.1) is 5.92 Å². The Labute approximate surface area is 242 Å². The van der Waals surface area contributed by atoms with Crippen LogP contribution >= 0.6 is 0 Å². The van der Waals surface area contributed by atoms with Gasteiger partial charge in [-0.2, -0.15) is 0 Å². The third-order valence-electron chi connectivity index (χ3n) is 8.18.